The van der Waals surface area contributed by atoms with Crippen LogP contribution >= 0.6 is 0 Å². The number of quaternary nitrogens is 1. The highest BCUT2D eigenvalue weighted by Crippen LogP contribution is 2.16. The van der Waals surface area contributed by atoms with Crippen LogP contribution in [-0.4, -0.2) is 48.9 Å². The minimum Gasteiger partial charge on any atom is -0.378 e. The topological polar surface area (TPSA) is 53.9 Å². The molecule has 0 aliphatic rings. The highest BCUT2D eigenvalue weighted by atomic mass is 32.2. The van der Waals surface area contributed by atoms with Crippen LogP contribution in [0.15, 0.2) is 24.3 Å². The number of likely N-dealkylation sites (N-methyl/N-ethyl adjacent to an activating group) is 1. The Labute approximate surface area is 128 Å². The predicted octanol–water partition coefficient (Wildman–Crippen LogP) is -0.509. The van der Waals surface area contributed by atoms with Crippen LogP contribution in [0, 0.1) is 12.3 Å². The van der Waals surface area contributed by atoms with Crippen molar-refractivity contribution in [1.82, 2.24) is 4.72 Å². The Hall–Kier alpha value is -1.55. The van der Waals surface area contributed by atoms with Crippen molar-refractivity contribution in [3.8, 4) is 12.3 Å². The summed E-state index contributed by atoms with van der Waals surface area (Å²) in [5.41, 5.74) is 2.20. The molecule has 1 aromatic carbocycles. The SMILES string of the molecule is C#CCS(=O)(=O)NC[C@@H](c1ccc(N(C)C)cc1)[NH+](C)C. The zero-order valence-corrected chi connectivity index (χ0v) is 13.9. The highest BCUT2D eigenvalue weighted by molar-refractivity contribution is 7.89. The van der Waals surface area contributed by atoms with Crippen LogP contribution in [0.2, 0.25) is 0 Å². The van der Waals surface area contributed by atoms with Crippen molar-refractivity contribution in [3.63, 3.8) is 0 Å². The molecule has 0 spiro atoms. The quantitative estimate of drug-likeness (QED) is 0.667. The molecule has 0 heterocycles. The molecule has 0 aromatic heterocycles. The second-order valence-electron chi connectivity index (χ2n) is 5.43. The third-order valence-electron chi connectivity index (χ3n) is 3.29. The number of nitrogens with one attached hydrogen (secondary N) is 2. The van der Waals surface area contributed by atoms with Crippen LogP contribution in [0.25, 0.3) is 0 Å². The van der Waals surface area contributed by atoms with E-state index >= 15 is 0 Å². The number of hydrogen-bond donors (Lipinski definition) is 2. The van der Waals surface area contributed by atoms with Gasteiger partial charge in [-0.25, -0.2) is 13.1 Å². The van der Waals surface area contributed by atoms with Gasteiger partial charge in [-0.2, -0.15) is 0 Å². The third-order valence-corrected chi connectivity index (χ3v) is 4.44. The molecule has 0 aliphatic carbocycles. The first-order valence-electron chi connectivity index (χ1n) is 6.75. The first-order chi connectivity index (χ1) is 9.76. The standard InChI is InChI=1S/C15H23N3O2S/c1-6-11-21(19,20)16-12-15(18(4)5)13-7-9-14(10-8-13)17(2)3/h1,7-10,15-16H,11-12H2,2-5H3/p+1/t15-/m0/s1. The molecular weight excluding hydrogens is 286 g/mol. The summed E-state index contributed by atoms with van der Waals surface area (Å²) in [6.45, 7) is 0.327. The van der Waals surface area contributed by atoms with Crippen LogP contribution in [0.3, 0.4) is 0 Å². The Morgan fingerprint density at radius 3 is 2.29 bits per heavy atom. The fourth-order valence-corrected chi connectivity index (χ4v) is 2.77. The number of sulfonamides is 1. The first-order valence-corrected chi connectivity index (χ1v) is 8.40. The molecule has 0 saturated carbocycles. The van der Waals surface area contributed by atoms with E-state index < -0.39 is 10.0 Å². The summed E-state index contributed by atoms with van der Waals surface area (Å²) in [6.07, 6.45) is 5.06. The van der Waals surface area contributed by atoms with Crippen LogP contribution in [0.5, 0.6) is 0 Å². The van der Waals surface area contributed by atoms with E-state index in [0.29, 0.717) is 6.54 Å². The maximum Gasteiger partial charge on any atom is 0.223 e. The maximum atomic E-state index is 11.7. The van der Waals surface area contributed by atoms with E-state index in [0.717, 1.165) is 16.2 Å². The molecule has 116 valence electrons. The monoisotopic (exact) mass is 310 g/mol. The fourth-order valence-electron chi connectivity index (χ4n) is 2.03. The molecule has 0 aliphatic heterocycles. The van der Waals surface area contributed by atoms with Gasteiger partial charge in [0.15, 0.2) is 0 Å². The lowest BCUT2D eigenvalue weighted by molar-refractivity contribution is -0.890. The van der Waals surface area contributed by atoms with Crippen molar-refractivity contribution in [3.05, 3.63) is 29.8 Å². The lowest BCUT2D eigenvalue weighted by atomic mass is 10.1. The average molecular weight is 310 g/mol. The molecule has 0 bridgehead atoms. The van der Waals surface area contributed by atoms with Crippen molar-refractivity contribution in [2.45, 2.75) is 6.04 Å². The summed E-state index contributed by atoms with van der Waals surface area (Å²) in [5.74, 6) is 1.87. The van der Waals surface area contributed by atoms with E-state index in [4.69, 9.17) is 6.42 Å². The van der Waals surface area contributed by atoms with Gasteiger partial charge in [0.1, 0.15) is 11.8 Å². The van der Waals surface area contributed by atoms with Crippen molar-refractivity contribution in [1.29, 1.82) is 0 Å². The smallest absolute Gasteiger partial charge is 0.223 e. The molecule has 1 rings (SSSR count). The average Bonchev–Trinajstić information content (AvgIpc) is 2.38. The number of anilines is 1. The van der Waals surface area contributed by atoms with E-state index in [1.807, 2.05) is 57.4 Å². The van der Waals surface area contributed by atoms with Crippen LogP contribution < -0.4 is 14.5 Å². The van der Waals surface area contributed by atoms with E-state index in [1.165, 1.54) is 0 Å². The van der Waals surface area contributed by atoms with Gasteiger partial charge in [-0.15, -0.1) is 6.42 Å². The van der Waals surface area contributed by atoms with Crippen molar-refractivity contribution in [2.24, 2.45) is 0 Å². The number of nitrogens with zero attached hydrogens (tertiary/aromatic N) is 1. The van der Waals surface area contributed by atoms with Crippen LogP contribution in [-0.2, 0) is 10.0 Å². The Balaban J connectivity index is 2.85. The summed E-state index contributed by atoms with van der Waals surface area (Å²) in [4.78, 5) is 3.17. The molecule has 6 heteroatoms. The fraction of sp³-hybridized carbons (Fsp3) is 0.467. The summed E-state index contributed by atoms with van der Waals surface area (Å²) >= 11 is 0. The number of terminal acetylenes is 1. The molecule has 1 aromatic rings. The summed E-state index contributed by atoms with van der Waals surface area (Å²) in [7, 11) is 4.57. The molecule has 21 heavy (non-hydrogen) atoms. The first kappa shape index (κ1) is 17.5. The molecule has 0 saturated heterocycles. The van der Waals surface area contributed by atoms with Gasteiger partial charge in [0.25, 0.3) is 0 Å². The summed E-state index contributed by atoms with van der Waals surface area (Å²) in [5, 5.41) is 0. The van der Waals surface area contributed by atoms with Crippen molar-refractivity contribution < 1.29 is 13.3 Å². The van der Waals surface area contributed by atoms with Gasteiger partial charge in [-0.1, -0.05) is 18.1 Å². The van der Waals surface area contributed by atoms with E-state index in [2.05, 4.69) is 10.6 Å². The highest BCUT2D eigenvalue weighted by Gasteiger charge is 2.20. The number of rotatable bonds is 7. The normalized spacial score (nSPS) is 13.0. The van der Waals surface area contributed by atoms with E-state index in [1.54, 1.807) is 0 Å². The molecule has 1 atom stereocenters. The van der Waals surface area contributed by atoms with Gasteiger partial charge in [-0.3, -0.25) is 0 Å². The number of hydrogen-bond acceptors (Lipinski definition) is 3. The Morgan fingerprint density at radius 2 is 1.86 bits per heavy atom. The maximum absolute atomic E-state index is 11.7. The zero-order valence-electron chi connectivity index (χ0n) is 13.1. The Kier molecular flexibility index (Phi) is 6.21. The summed E-state index contributed by atoms with van der Waals surface area (Å²) in [6, 6.07) is 8.15. The lowest BCUT2D eigenvalue weighted by Crippen LogP contribution is -3.07. The minimum absolute atomic E-state index is 0.0359. The third kappa shape index (κ3) is 5.38. The predicted molar refractivity (Wildman–Crippen MR) is 86.9 cm³/mol. The van der Waals surface area contributed by atoms with E-state index in [-0.39, 0.29) is 11.8 Å². The lowest BCUT2D eigenvalue weighted by Gasteiger charge is -2.23. The molecule has 0 amide bonds. The van der Waals surface area contributed by atoms with Gasteiger partial charge in [-0.05, 0) is 12.1 Å². The minimum atomic E-state index is -3.40. The molecule has 5 nitrogen and oxygen atoms in total. The van der Waals surface area contributed by atoms with Crippen LogP contribution in [0.1, 0.15) is 11.6 Å². The molecule has 0 radical (unpaired) electrons. The van der Waals surface area contributed by atoms with Gasteiger partial charge in [0.05, 0.1) is 20.6 Å². The molecule has 2 N–H and O–H groups in total. The second kappa shape index (κ2) is 7.46. The van der Waals surface area contributed by atoms with Crippen molar-refractivity contribution in [2.75, 3.05) is 45.4 Å². The largest absolute Gasteiger partial charge is 0.378 e. The Morgan fingerprint density at radius 1 is 1.29 bits per heavy atom. The van der Waals surface area contributed by atoms with Gasteiger partial charge in [0.2, 0.25) is 10.0 Å². The van der Waals surface area contributed by atoms with Gasteiger partial charge < -0.3 is 9.80 Å². The molecular formula is C15H24N3O2S+. The number of benzene rings is 1. The van der Waals surface area contributed by atoms with E-state index in [9.17, 15) is 8.42 Å². The van der Waals surface area contributed by atoms with Crippen molar-refractivity contribution >= 4 is 15.7 Å². The van der Waals surface area contributed by atoms with Gasteiger partial charge >= 0.3 is 0 Å². The molecule has 0 fully saturated rings. The summed E-state index contributed by atoms with van der Waals surface area (Å²) < 4.78 is 25.9. The Bertz CT molecular complexity index is 586. The second-order valence-corrected chi connectivity index (χ2v) is 7.23. The molecule has 0 unspecified atom stereocenters. The zero-order chi connectivity index (χ0) is 16.0. The van der Waals surface area contributed by atoms with Crippen LogP contribution in [0.4, 0.5) is 5.69 Å². The van der Waals surface area contributed by atoms with Gasteiger partial charge in [0, 0.05) is 25.3 Å².